The van der Waals surface area contributed by atoms with Crippen molar-refractivity contribution in [3.8, 4) is 5.75 Å². The molecular weight excluding hydrogens is 304 g/mol. The summed E-state index contributed by atoms with van der Waals surface area (Å²) in [6.07, 6.45) is 2.72. The van der Waals surface area contributed by atoms with E-state index in [-0.39, 0.29) is 6.04 Å². The van der Waals surface area contributed by atoms with E-state index in [9.17, 15) is 0 Å². The first kappa shape index (κ1) is 16.7. The minimum atomic E-state index is 0.115. The number of ether oxygens (including phenoxy) is 2. The second kappa shape index (κ2) is 7.59. The molecule has 6 heteroatoms. The molecule has 6 nitrogen and oxygen atoms in total. The Morgan fingerprint density at radius 3 is 2.83 bits per heavy atom. The highest BCUT2D eigenvalue weighted by atomic mass is 16.5. The van der Waals surface area contributed by atoms with Gasteiger partial charge in [-0.2, -0.15) is 0 Å². The molecule has 0 fully saturated rings. The van der Waals surface area contributed by atoms with Crippen molar-refractivity contribution < 1.29 is 9.47 Å². The van der Waals surface area contributed by atoms with Crippen molar-refractivity contribution in [2.24, 2.45) is 7.05 Å². The third kappa shape index (κ3) is 3.49. The summed E-state index contributed by atoms with van der Waals surface area (Å²) in [4.78, 5) is 2.40. The Kier molecular flexibility index (Phi) is 5.27. The quantitative estimate of drug-likeness (QED) is 0.576. The summed E-state index contributed by atoms with van der Waals surface area (Å²) in [6, 6.07) is 8.32. The van der Waals surface area contributed by atoms with Gasteiger partial charge in [0.1, 0.15) is 11.4 Å². The number of methoxy groups -OCH3 is 1. The highest BCUT2D eigenvalue weighted by Gasteiger charge is 2.31. The van der Waals surface area contributed by atoms with Crippen LogP contribution in [0.1, 0.15) is 23.0 Å². The third-order valence-electron chi connectivity index (χ3n) is 4.42. The van der Waals surface area contributed by atoms with Gasteiger partial charge in [-0.05, 0) is 17.7 Å². The Morgan fingerprint density at radius 2 is 2.12 bits per heavy atom. The van der Waals surface area contributed by atoms with Crippen molar-refractivity contribution in [1.82, 2.24) is 19.9 Å². The summed E-state index contributed by atoms with van der Waals surface area (Å²) < 4.78 is 12.8. The van der Waals surface area contributed by atoms with Gasteiger partial charge in [0.05, 0.1) is 32.1 Å². The molecule has 2 heterocycles. The van der Waals surface area contributed by atoms with Gasteiger partial charge in [-0.15, -0.1) is 11.7 Å². The number of nitrogens with zero attached hydrogens (tertiary/aromatic N) is 4. The predicted molar refractivity (Wildman–Crippen MR) is 91.9 cm³/mol. The summed E-state index contributed by atoms with van der Waals surface area (Å²) in [7, 11) is 3.63. The molecule has 24 heavy (non-hydrogen) atoms. The van der Waals surface area contributed by atoms with Crippen LogP contribution >= 0.6 is 0 Å². The summed E-state index contributed by atoms with van der Waals surface area (Å²) in [5, 5.41) is 8.57. The summed E-state index contributed by atoms with van der Waals surface area (Å²) in [5.41, 5.74) is 3.48. The highest BCUT2D eigenvalue weighted by Crippen LogP contribution is 2.29. The average molecular weight is 328 g/mol. The second-order valence-corrected chi connectivity index (χ2v) is 5.96. The second-order valence-electron chi connectivity index (χ2n) is 5.96. The van der Waals surface area contributed by atoms with Gasteiger partial charge < -0.3 is 9.47 Å². The van der Waals surface area contributed by atoms with Gasteiger partial charge in [-0.3, -0.25) is 9.58 Å². The number of aryl methyl sites for hydroxylation is 1. The molecule has 0 N–H and O–H groups in total. The number of hydrogen-bond acceptors (Lipinski definition) is 5. The molecule has 1 aliphatic rings. The molecule has 1 atom stereocenters. The van der Waals surface area contributed by atoms with Gasteiger partial charge in [-0.25, -0.2) is 0 Å². The maximum Gasteiger partial charge on any atom is 0.118 e. The van der Waals surface area contributed by atoms with Crippen LogP contribution in [0.25, 0.3) is 0 Å². The van der Waals surface area contributed by atoms with Gasteiger partial charge in [0, 0.05) is 26.6 Å². The zero-order chi connectivity index (χ0) is 16.9. The Balaban J connectivity index is 1.77. The molecule has 0 saturated heterocycles. The topological polar surface area (TPSA) is 52.4 Å². The van der Waals surface area contributed by atoms with E-state index < -0.39 is 0 Å². The van der Waals surface area contributed by atoms with E-state index in [0.29, 0.717) is 13.2 Å². The van der Waals surface area contributed by atoms with Crippen LogP contribution in [0.2, 0.25) is 0 Å². The lowest BCUT2D eigenvalue weighted by atomic mass is 10.0. The van der Waals surface area contributed by atoms with Crippen LogP contribution in [0.15, 0.2) is 36.9 Å². The number of aromatic nitrogens is 3. The Morgan fingerprint density at radius 1 is 1.33 bits per heavy atom. The molecular formula is C18H24N4O2. The largest absolute Gasteiger partial charge is 0.497 e. The van der Waals surface area contributed by atoms with Crippen LogP contribution in [0, 0.1) is 0 Å². The van der Waals surface area contributed by atoms with Crippen molar-refractivity contribution in [2.75, 3.05) is 26.9 Å². The van der Waals surface area contributed by atoms with Crippen molar-refractivity contribution in [3.05, 3.63) is 53.9 Å². The number of fused-ring (bicyclic) bond motifs is 1. The molecule has 0 bridgehead atoms. The Labute approximate surface area is 142 Å². The molecule has 2 aromatic rings. The van der Waals surface area contributed by atoms with Gasteiger partial charge in [0.25, 0.3) is 0 Å². The molecule has 128 valence electrons. The molecule has 0 amide bonds. The fraction of sp³-hybridized carbons (Fsp3) is 0.444. The monoisotopic (exact) mass is 328 g/mol. The van der Waals surface area contributed by atoms with Crippen LogP contribution < -0.4 is 4.74 Å². The van der Waals surface area contributed by atoms with Crippen LogP contribution in [0.5, 0.6) is 5.75 Å². The van der Waals surface area contributed by atoms with Crippen molar-refractivity contribution in [3.63, 3.8) is 0 Å². The summed E-state index contributed by atoms with van der Waals surface area (Å²) in [6.45, 7) is 6.66. The van der Waals surface area contributed by atoms with Gasteiger partial charge in [-0.1, -0.05) is 23.4 Å². The highest BCUT2D eigenvalue weighted by molar-refractivity contribution is 5.28. The Bertz CT molecular complexity index is 681. The number of hydrogen-bond donors (Lipinski definition) is 0. The third-order valence-corrected chi connectivity index (χ3v) is 4.42. The average Bonchev–Trinajstić information content (AvgIpc) is 2.98. The standard InChI is InChI=1S/C18H24N4O2/c1-4-11-24-13-17-18-16(21(2)20-19-18)9-10-22(17)12-14-5-7-15(23-3)8-6-14/h4-8,17H,1,9-13H2,2-3H3/t17-/m0/s1. The zero-order valence-corrected chi connectivity index (χ0v) is 14.3. The smallest absolute Gasteiger partial charge is 0.118 e. The lowest BCUT2D eigenvalue weighted by Gasteiger charge is -2.34. The molecule has 1 aromatic carbocycles. The molecule has 0 aliphatic carbocycles. The van der Waals surface area contributed by atoms with Gasteiger partial charge >= 0.3 is 0 Å². The zero-order valence-electron chi connectivity index (χ0n) is 14.3. The minimum absolute atomic E-state index is 0.115. The first-order valence-electron chi connectivity index (χ1n) is 8.17. The Hall–Kier alpha value is -2.18. The molecule has 0 unspecified atom stereocenters. The maximum absolute atomic E-state index is 5.74. The van der Waals surface area contributed by atoms with E-state index in [1.165, 1.54) is 11.3 Å². The SMILES string of the molecule is C=CCOC[C@H]1c2nnn(C)c2CCN1Cc1ccc(OC)cc1. The first-order valence-corrected chi connectivity index (χ1v) is 8.17. The van der Waals surface area contributed by atoms with E-state index in [1.54, 1.807) is 13.2 Å². The van der Waals surface area contributed by atoms with Crippen LogP contribution in [-0.4, -0.2) is 46.8 Å². The van der Waals surface area contributed by atoms with E-state index in [0.717, 1.165) is 31.0 Å². The molecule has 1 aliphatic heterocycles. The van der Waals surface area contributed by atoms with E-state index in [1.807, 2.05) is 23.9 Å². The van der Waals surface area contributed by atoms with Gasteiger partial charge in [0.2, 0.25) is 0 Å². The lowest BCUT2D eigenvalue weighted by molar-refractivity contribution is 0.0599. The van der Waals surface area contributed by atoms with Crippen molar-refractivity contribution >= 4 is 0 Å². The fourth-order valence-electron chi connectivity index (χ4n) is 3.12. The van der Waals surface area contributed by atoms with Crippen LogP contribution in [-0.2, 0) is 24.8 Å². The summed E-state index contributed by atoms with van der Waals surface area (Å²) >= 11 is 0. The minimum Gasteiger partial charge on any atom is -0.497 e. The maximum atomic E-state index is 5.74. The lowest BCUT2D eigenvalue weighted by Crippen LogP contribution is -2.38. The van der Waals surface area contributed by atoms with E-state index >= 15 is 0 Å². The summed E-state index contributed by atoms with van der Waals surface area (Å²) in [5.74, 6) is 0.875. The van der Waals surface area contributed by atoms with E-state index in [4.69, 9.17) is 9.47 Å². The molecule has 3 rings (SSSR count). The molecule has 0 spiro atoms. The van der Waals surface area contributed by atoms with Crippen LogP contribution in [0.4, 0.5) is 0 Å². The first-order chi connectivity index (χ1) is 11.7. The van der Waals surface area contributed by atoms with Crippen molar-refractivity contribution in [2.45, 2.75) is 19.0 Å². The molecule has 0 radical (unpaired) electrons. The van der Waals surface area contributed by atoms with E-state index in [2.05, 4.69) is 33.9 Å². The molecule has 1 aromatic heterocycles. The number of rotatable bonds is 7. The normalized spacial score (nSPS) is 17.5. The fourth-order valence-corrected chi connectivity index (χ4v) is 3.12. The van der Waals surface area contributed by atoms with Gasteiger partial charge in [0.15, 0.2) is 0 Å². The van der Waals surface area contributed by atoms with Crippen LogP contribution in [0.3, 0.4) is 0 Å². The predicted octanol–water partition coefficient (Wildman–Crippen LogP) is 2.13. The van der Waals surface area contributed by atoms with Crippen molar-refractivity contribution in [1.29, 1.82) is 0 Å². The molecule has 0 saturated carbocycles. The number of benzene rings is 1.